The van der Waals surface area contributed by atoms with Crippen molar-refractivity contribution in [2.75, 3.05) is 19.6 Å². The summed E-state index contributed by atoms with van der Waals surface area (Å²) in [6.45, 7) is 4.71. The molecule has 0 amide bonds. The molecule has 3 heteroatoms. The smallest absolute Gasteiger partial charge is 0.372 e. The van der Waals surface area contributed by atoms with Gasteiger partial charge in [0, 0.05) is 18.8 Å². The molecule has 3 aliphatic heterocycles. The second-order valence-corrected chi connectivity index (χ2v) is 5.92. The van der Waals surface area contributed by atoms with Crippen LogP contribution in [0.25, 0.3) is 0 Å². The van der Waals surface area contributed by atoms with Crippen LogP contribution in [0.1, 0.15) is 18.4 Å². The first-order valence-electron chi connectivity index (χ1n) is 6.74. The van der Waals surface area contributed by atoms with Crippen molar-refractivity contribution in [3.8, 4) is 0 Å². The van der Waals surface area contributed by atoms with Crippen molar-refractivity contribution in [3.63, 3.8) is 0 Å². The van der Waals surface area contributed by atoms with Gasteiger partial charge in [-0.25, -0.2) is 0 Å². The molecule has 2 nitrogen and oxygen atoms in total. The van der Waals surface area contributed by atoms with Gasteiger partial charge in [0.2, 0.25) is 0 Å². The first-order valence-corrected chi connectivity index (χ1v) is 6.74. The maximum Gasteiger partial charge on any atom is 0.372 e. The monoisotopic (exact) mass is 230 g/mol. The van der Waals surface area contributed by atoms with Crippen molar-refractivity contribution in [1.82, 2.24) is 0 Å². The van der Waals surface area contributed by atoms with E-state index in [0.717, 1.165) is 12.5 Å². The maximum atomic E-state index is 6.15. The molecule has 0 saturated carbocycles. The van der Waals surface area contributed by atoms with Gasteiger partial charge in [-0.15, -0.1) is 0 Å². The third-order valence-corrected chi connectivity index (χ3v) is 4.53. The number of fused-ring (bicyclic) bond motifs is 3. The molecule has 3 heterocycles. The molecular weight excluding hydrogens is 209 g/mol. The number of ether oxygens (including phenoxy) is 1. The van der Waals surface area contributed by atoms with Crippen molar-refractivity contribution in [2.45, 2.75) is 25.6 Å². The van der Waals surface area contributed by atoms with E-state index >= 15 is 0 Å². The minimum atomic E-state index is 0.489. The van der Waals surface area contributed by atoms with Crippen LogP contribution >= 0.6 is 0 Å². The zero-order valence-corrected chi connectivity index (χ0v) is 10.6. The van der Waals surface area contributed by atoms with Crippen LogP contribution in [0.3, 0.4) is 0 Å². The largest absolute Gasteiger partial charge is 0.397 e. The number of hydrogen-bond acceptors (Lipinski definition) is 1. The zero-order valence-electron chi connectivity index (χ0n) is 10.6. The summed E-state index contributed by atoms with van der Waals surface area (Å²) in [5.41, 5.74) is 1.30. The lowest BCUT2D eigenvalue weighted by Gasteiger charge is -2.51. The summed E-state index contributed by atoms with van der Waals surface area (Å²) in [7, 11) is 2.38. The van der Waals surface area contributed by atoms with Crippen LogP contribution in [-0.4, -0.2) is 38.1 Å². The van der Waals surface area contributed by atoms with Crippen molar-refractivity contribution in [3.05, 3.63) is 35.9 Å². The molecule has 0 aromatic heterocycles. The van der Waals surface area contributed by atoms with Crippen LogP contribution in [0.2, 0.25) is 0 Å². The van der Waals surface area contributed by atoms with Crippen molar-refractivity contribution in [2.24, 2.45) is 5.92 Å². The Labute approximate surface area is 105 Å². The van der Waals surface area contributed by atoms with E-state index in [9.17, 15) is 0 Å². The Morgan fingerprint density at radius 2 is 1.88 bits per heavy atom. The van der Waals surface area contributed by atoms with E-state index in [1.165, 1.54) is 42.4 Å². The Hall–Kier alpha value is -0.795. The molecule has 1 aromatic carbocycles. The normalized spacial score (nSPS) is 36.0. The molecule has 1 aromatic rings. The third-order valence-electron chi connectivity index (χ3n) is 4.53. The van der Waals surface area contributed by atoms with Gasteiger partial charge in [-0.05, 0) is 5.56 Å². The molecule has 1 atom stereocenters. The van der Waals surface area contributed by atoms with Gasteiger partial charge in [-0.1, -0.05) is 30.3 Å². The van der Waals surface area contributed by atoms with Crippen molar-refractivity contribution in [1.29, 1.82) is 0 Å². The van der Waals surface area contributed by atoms with Gasteiger partial charge in [0.25, 0.3) is 0 Å². The average molecular weight is 230 g/mol. The lowest BCUT2D eigenvalue weighted by atomic mass is 9.80. The molecule has 0 N–H and O–H groups in total. The second kappa shape index (κ2) is 4.47. The molecule has 0 unspecified atom stereocenters. The van der Waals surface area contributed by atoms with Gasteiger partial charge in [-0.2, -0.15) is 0 Å². The van der Waals surface area contributed by atoms with Gasteiger partial charge < -0.3 is 9.13 Å². The van der Waals surface area contributed by atoms with E-state index in [-0.39, 0.29) is 0 Å². The van der Waals surface area contributed by atoms with E-state index < -0.39 is 0 Å². The predicted octanol–water partition coefficient (Wildman–Crippen LogP) is 1.36. The lowest BCUT2D eigenvalue weighted by Crippen LogP contribution is -2.62. The van der Waals surface area contributed by atoms with Crippen LogP contribution < -0.4 is 0 Å². The summed E-state index contributed by atoms with van der Waals surface area (Å²) in [4.78, 5) is 0. The van der Waals surface area contributed by atoms with Crippen molar-refractivity contribution < 1.29 is 9.13 Å². The predicted molar refractivity (Wildman–Crippen MR) is 71.1 cm³/mol. The first kappa shape index (κ1) is 11.3. The van der Waals surface area contributed by atoms with E-state index in [1.54, 1.807) is 0 Å². The minimum Gasteiger partial charge on any atom is -0.397 e. The summed E-state index contributed by atoms with van der Waals surface area (Å²) in [5, 5.41) is 0. The Kier molecular flexibility index (Phi) is 2.97. The number of benzene rings is 1. The summed E-state index contributed by atoms with van der Waals surface area (Å²) < 4.78 is 7.38. The standard InChI is InChI=1S/C14H21BNO/c15-16-8-6-13(7-9-16)14(10-16)17-11-12-4-2-1-3-5-12/h1-5,13-14H,6-11,15H2/q+1/t13?,14-,16?/m0/s1. The molecule has 4 rings (SSSR count). The van der Waals surface area contributed by atoms with Crippen LogP contribution in [0.4, 0.5) is 0 Å². The number of piperidine rings is 3. The van der Waals surface area contributed by atoms with Crippen LogP contribution in [-0.2, 0) is 11.3 Å². The topological polar surface area (TPSA) is 9.23 Å². The highest BCUT2D eigenvalue weighted by Gasteiger charge is 2.42. The minimum absolute atomic E-state index is 0.489. The fraction of sp³-hybridized carbons (Fsp3) is 0.571. The summed E-state index contributed by atoms with van der Waals surface area (Å²) >= 11 is 0. The average Bonchev–Trinajstić information content (AvgIpc) is 2.38. The molecule has 17 heavy (non-hydrogen) atoms. The Morgan fingerprint density at radius 1 is 1.18 bits per heavy atom. The Morgan fingerprint density at radius 3 is 2.53 bits per heavy atom. The van der Waals surface area contributed by atoms with Crippen LogP contribution in [0, 0.1) is 5.92 Å². The molecule has 90 valence electrons. The van der Waals surface area contributed by atoms with Gasteiger partial charge >= 0.3 is 7.98 Å². The number of hydrogen-bond donors (Lipinski definition) is 0. The van der Waals surface area contributed by atoms with E-state index in [4.69, 9.17) is 4.74 Å². The molecule has 3 fully saturated rings. The van der Waals surface area contributed by atoms with E-state index in [2.05, 4.69) is 38.3 Å². The molecule has 3 aliphatic rings. The van der Waals surface area contributed by atoms with Gasteiger partial charge in [0.15, 0.2) is 0 Å². The number of nitrogens with zero attached hydrogens (tertiary/aromatic N) is 1. The SMILES string of the molecule is B[N+]12CCC(CC1)[C@@H](OCc1ccccc1)C2. The lowest BCUT2D eigenvalue weighted by molar-refractivity contribution is -0.841. The van der Waals surface area contributed by atoms with Gasteiger partial charge in [0.1, 0.15) is 6.10 Å². The maximum absolute atomic E-state index is 6.15. The number of quaternary nitrogens is 1. The third kappa shape index (κ3) is 2.40. The van der Waals surface area contributed by atoms with Crippen LogP contribution in [0.15, 0.2) is 30.3 Å². The van der Waals surface area contributed by atoms with Gasteiger partial charge in [-0.3, -0.25) is 0 Å². The number of rotatable bonds is 3. The Bertz CT molecular complexity index is 373. The summed E-state index contributed by atoms with van der Waals surface area (Å²) in [6.07, 6.45) is 3.20. The Balaban J connectivity index is 1.59. The highest BCUT2D eigenvalue weighted by Crippen LogP contribution is 2.33. The molecule has 0 radical (unpaired) electrons. The van der Waals surface area contributed by atoms with Gasteiger partial charge in [0.05, 0.1) is 26.2 Å². The summed E-state index contributed by atoms with van der Waals surface area (Å²) in [6, 6.07) is 10.5. The van der Waals surface area contributed by atoms with Crippen molar-refractivity contribution >= 4 is 7.98 Å². The van der Waals surface area contributed by atoms with Crippen LogP contribution in [0.5, 0.6) is 0 Å². The van der Waals surface area contributed by atoms with E-state index in [1.807, 2.05) is 0 Å². The molecule has 0 aliphatic carbocycles. The fourth-order valence-corrected chi connectivity index (χ4v) is 3.32. The van der Waals surface area contributed by atoms with E-state index in [0.29, 0.717) is 6.10 Å². The molecule has 2 bridgehead atoms. The summed E-state index contributed by atoms with van der Waals surface area (Å²) in [5.74, 6) is 0.818. The molecule has 0 spiro atoms. The fourth-order valence-electron chi connectivity index (χ4n) is 3.32. The first-order chi connectivity index (χ1) is 8.25. The highest BCUT2D eigenvalue weighted by molar-refractivity contribution is 5.97. The highest BCUT2D eigenvalue weighted by atomic mass is 16.5. The molecular formula is C14H21BNO+. The molecule has 3 saturated heterocycles. The second-order valence-electron chi connectivity index (χ2n) is 5.92. The quantitative estimate of drug-likeness (QED) is 0.712. The zero-order chi connectivity index (χ0) is 11.7.